The number of amides is 2. The quantitative estimate of drug-likeness (QED) is 0.517. The summed E-state index contributed by atoms with van der Waals surface area (Å²) in [6.45, 7) is -0.430. The number of nitrogens with two attached hydrogens (primary N) is 1. The maximum absolute atomic E-state index is 11.4. The maximum Gasteiger partial charge on any atom is 0.325 e. The third-order valence-corrected chi connectivity index (χ3v) is 2.18. The Morgan fingerprint density at radius 3 is 2.88 bits per heavy atom. The summed E-state index contributed by atoms with van der Waals surface area (Å²) in [7, 11) is 0. The Kier molecular flexibility index (Phi) is 2.11. The van der Waals surface area contributed by atoms with Gasteiger partial charge in [-0.3, -0.25) is 24.4 Å². The Morgan fingerprint density at radius 2 is 2.25 bits per heavy atom. The summed E-state index contributed by atoms with van der Waals surface area (Å²) >= 11 is 0. The van der Waals surface area contributed by atoms with Crippen LogP contribution in [0.4, 0.5) is 5.82 Å². The number of imide groups is 1. The van der Waals surface area contributed by atoms with Crippen molar-refractivity contribution in [2.45, 2.75) is 13.0 Å². The molecule has 1 aliphatic rings. The number of nitrogen functional groups attached to an aromatic ring is 1. The number of carboxylic acid groups (broad SMARTS) is 1. The lowest BCUT2D eigenvalue weighted by Crippen LogP contribution is -2.38. The zero-order valence-corrected chi connectivity index (χ0v) is 8.06. The Balaban J connectivity index is 2.51. The average molecular weight is 224 g/mol. The highest BCUT2D eigenvalue weighted by molar-refractivity contribution is 6.11. The molecular formula is C8H8N4O4. The van der Waals surface area contributed by atoms with E-state index in [0.717, 1.165) is 4.68 Å². The van der Waals surface area contributed by atoms with Crippen LogP contribution >= 0.6 is 0 Å². The molecule has 0 fully saturated rings. The lowest BCUT2D eigenvalue weighted by Gasteiger charge is -2.12. The largest absolute Gasteiger partial charge is 0.480 e. The van der Waals surface area contributed by atoms with Crippen molar-refractivity contribution in [2.75, 3.05) is 5.73 Å². The SMILES string of the molecule is Nc1nn(CC(=O)O)c2c1C(=O)NC(=O)C2. The van der Waals surface area contributed by atoms with Crippen LogP contribution < -0.4 is 11.1 Å². The van der Waals surface area contributed by atoms with E-state index in [1.54, 1.807) is 0 Å². The first-order valence-corrected chi connectivity index (χ1v) is 4.40. The molecule has 1 aliphatic heterocycles. The minimum absolute atomic E-state index is 0.0683. The van der Waals surface area contributed by atoms with Gasteiger partial charge < -0.3 is 10.8 Å². The van der Waals surface area contributed by atoms with Gasteiger partial charge in [-0.25, -0.2) is 0 Å². The third kappa shape index (κ3) is 1.49. The van der Waals surface area contributed by atoms with Gasteiger partial charge in [0.2, 0.25) is 5.91 Å². The van der Waals surface area contributed by atoms with Crippen molar-refractivity contribution < 1.29 is 19.5 Å². The Hall–Kier alpha value is -2.38. The minimum Gasteiger partial charge on any atom is -0.480 e. The highest BCUT2D eigenvalue weighted by Crippen LogP contribution is 2.20. The molecule has 16 heavy (non-hydrogen) atoms. The topological polar surface area (TPSA) is 127 Å². The Labute approximate surface area is 89.0 Å². The lowest BCUT2D eigenvalue weighted by molar-refractivity contribution is -0.138. The van der Waals surface area contributed by atoms with Crippen LogP contribution in [0.5, 0.6) is 0 Å². The predicted molar refractivity (Wildman–Crippen MR) is 50.5 cm³/mol. The van der Waals surface area contributed by atoms with Gasteiger partial charge in [0.1, 0.15) is 12.1 Å². The first kappa shape index (κ1) is 10.1. The van der Waals surface area contributed by atoms with E-state index < -0.39 is 24.3 Å². The molecule has 0 unspecified atom stereocenters. The number of hydrogen-bond acceptors (Lipinski definition) is 5. The van der Waals surface area contributed by atoms with Crippen molar-refractivity contribution in [3.63, 3.8) is 0 Å². The zero-order chi connectivity index (χ0) is 11.9. The molecule has 0 atom stereocenters. The molecule has 8 heteroatoms. The second-order valence-corrected chi connectivity index (χ2v) is 3.31. The highest BCUT2D eigenvalue weighted by Gasteiger charge is 2.30. The van der Waals surface area contributed by atoms with Gasteiger partial charge in [0.15, 0.2) is 5.82 Å². The van der Waals surface area contributed by atoms with Gasteiger partial charge in [-0.1, -0.05) is 0 Å². The van der Waals surface area contributed by atoms with Crippen LogP contribution in [0.2, 0.25) is 0 Å². The number of aromatic nitrogens is 2. The van der Waals surface area contributed by atoms with Crippen molar-refractivity contribution in [1.29, 1.82) is 0 Å². The van der Waals surface area contributed by atoms with E-state index in [-0.39, 0.29) is 23.5 Å². The number of carbonyl (C=O) groups is 3. The molecular weight excluding hydrogens is 216 g/mol. The summed E-state index contributed by atoms with van der Waals surface area (Å²) in [6, 6.07) is 0. The number of rotatable bonds is 2. The fourth-order valence-electron chi connectivity index (χ4n) is 1.59. The van der Waals surface area contributed by atoms with Crippen LogP contribution in [0.15, 0.2) is 0 Å². The Morgan fingerprint density at radius 1 is 1.56 bits per heavy atom. The molecule has 0 bridgehead atoms. The number of nitrogens with zero attached hydrogens (tertiary/aromatic N) is 2. The van der Waals surface area contributed by atoms with Gasteiger partial charge in [-0.05, 0) is 0 Å². The molecule has 0 saturated heterocycles. The molecule has 0 aromatic carbocycles. The van der Waals surface area contributed by atoms with Gasteiger partial charge in [0, 0.05) is 0 Å². The number of carboxylic acids is 1. The molecule has 2 rings (SSSR count). The summed E-state index contributed by atoms with van der Waals surface area (Å²) < 4.78 is 1.06. The van der Waals surface area contributed by atoms with Gasteiger partial charge in [-0.15, -0.1) is 0 Å². The molecule has 2 heterocycles. The smallest absolute Gasteiger partial charge is 0.325 e. The fourth-order valence-corrected chi connectivity index (χ4v) is 1.59. The van der Waals surface area contributed by atoms with E-state index in [9.17, 15) is 14.4 Å². The predicted octanol–water partition coefficient (Wildman–Crippen LogP) is -1.64. The van der Waals surface area contributed by atoms with Crippen molar-refractivity contribution in [3.8, 4) is 0 Å². The summed E-state index contributed by atoms with van der Waals surface area (Å²) in [5, 5.41) is 14.4. The van der Waals surface area contributed by atoms with E-state index in [4.69, 9.17) is 10.8 Å². The highest BCUT2D eigenvalue weighted by atomic mass is 16.4. The summed E-state index contributed by atoms with van der Waals surface area (Å²) in [4.78, 5) is 33.1. The number of hydrogen-bond donors (Lipinski definition) is 3. The van der Waals surface area contributed by atoms with E-state index in [0.29, 0.717) is 0 Å². The molecule has 2 amide bonds. The van der Waals surface area contributed by atoms with E-state index >= 15 is 0 Å². The van der Waals surface area contributed by atoms with Gasteiger partial charge in [-0.2, -0.15) is 5.10 Å². The van der Waals surface area contributed by atoms with Gasteiger partial charge >= 0.3 is 5.97 Å². The van der Waals surface area contributed by atoms with Crippen LogP contribution in [-0.2, 0) is 22.6 Å². The van der Waals surface area contributed by atoms with Crippen molar-refractivity contribution >= 4 is 23.6 Å². The first-order valence-electron chi connectivity index (χ1n) is 4.40. The van der Waals surface area contributed by atoms with Crippen LogP contribution in [0.3, 0.4) is 0 Å². The molecule has 1 aromatic heterocycles. The summed E-state index contributed by atoms with van der Waals surface area (Å²) in [5.74, 6) is -2.32. The van der Waals surface area contributed by atoms with Crippen LogP contribution in [0.25, 0.3) is 0 Å². The first-order chi connectivity index (χ1) is 7.49. The molecule has 8 nitrogen and oxygen atoms in total. The summed E-state index contributed by atoms with van der Waals surface area (Å²) in [6.07, 6.45) is -0.0987. The molecule has 1 aromatic rings. The van der Waals surface area contributed by atoms with Crippen LogP contribution in [-0.4, -0.2) is 32.7 Å². The van der Waals surface area contributed by atoms with Crippen molar-refractivity contribution in [2.24, 2.45) is 0 Å². The summed E-state index contributed by atoms with van der Waals surface area (Å²) in [5.41, 5.74) is 5.80. The molecule has 0 spiro atoms. The normalized spacial score (nSPS) is 14.5. The van der Waals surface area contributed by atoms with E-state index in [2.05, 4.69) is 10.4 Å². The van der Waals surface area contributed by atoms with E-state index in [1.807, 2.05) is 0 Å². The van der Waals surface area contributed by atoms with Crippen LogP contribution in [0.1, 0.15) is 16.1 Å². The van der Waals surface area contributed by atoms with Gasteiger partial charge in [0.05, 0.1) is 12.1 Å². The van der Waals surface area contributed by atoms with Crippen LogP contribution in [0, 0.1) is 0 Å². The zero-order valence-electron chi connectivity index (χ0n) is 8.06. The second-order valence-electron chi connectivity index (χ2n) is 3.31. The second kappa shape index (κ2) is 3.33. The van der Waals surface area contributed by atoms with Crippen molar-refractivity contribution in [3.05, 3.63) is 11.3 Å². The maximum atomic E-state index is 11.4. The monoisotopic (exact) mass is 224 g/mol. The lowest BCUT2D eigenvalue weighted by atomic mass is 10.1. The fraction of sp³-hybridized carbons (Fsp3) is 0.250. The third-order valence-electron chi connectivity index (χ3n) is 2.18. The number of nitrogens with one attached hydrogen (secondary N) is 1. The molecule has 0 radical (unpaired) electrons. The number of anilines is 1. The molecule has 4 N–H and O–H groups in total. The number of aliphatic carboxylic acids is 1. The average Bonchev–Trinajstić information content (AvgIpc) is 2.41. The molecule has 0 saturated carbocycles. The van der Waals surface area contributed by atoms with Crippen molar-refractivity contribution in [1.82, 2.24) is 15.1 Å². The van der Waals surface area contributed by atoms with E-state index in [1.165, 1.54) is 0 Å². The standard InChI is InChI=1S/C8H8N4O4/c9-7-6-3(1-4(13)10-8(6)16)12(11-7)2-5(14)15/h1-2H2,(H2,9,11)(H,14,15)(H,10,13,16). The minimum atomic E-state index is -1.12. The Bertz CT molecular complexity index is 504. The number of fused-ring (bicyclic) bond motifs is 1. The number of carbonyl (C=O) groups excluding carboxylic acids is 2. The molecule has 0 aliphatic carbocycles. The molecule has 84 valence electrons. The van der Waals surface area contributed by atoms with Gasteiger partial charge in [0.25, 0.3) is 5.91 Å².